The Hall–Kier alpha value is -2.83. The lowest BCUT2D eigenvalue weighted by Gasteiger charge is -2.28. The lowest BCUT2D eigenvalue weighted by atomic mass is 9.82. The van der Waals surface area contributed by atoms with Crippen LogP contribution in [-0.2, 0) is 14.8 Å². The number of benzene rings is 1. The standard InChI is InChI=1S/C24H33N7O3S2/c1-15-22(35-24(27-15)28-16(2)32)36(33,34)26-14-18-11-9-17(10-12-18)13-25-23-29-20-8-6-5-7-19(20)21(30-23)31(3)4/h5-8,17-18,26H,9-14H2,1-4H3,(H,25,29,30)(H,27,28,32)/t17-,18-. The summed E-state index contributed by atoms with van der Waals surface area (Å²) in [4.78, 5) is 26.8. The molecule has 12 heteroatoms. The number of thiazole rings is 1. The number of amides is 1. The van der Waals surface area contributed by atoms with E-state index in [0.717, 1.165) is 60.3 Å². The Morgan fingerprint density at radius 1 is 1.06 bits per heavy atom. The highest BCUT2D eigenvalue weighted by atomic mass is 32.2. The molecule has 194 valence electrons. The zero-order valence-electron chi connectivity index (χ0n) is 21.0. The number of fused-ring (bicyclic) bond motifs is 1. The number of nitrogens with zero attached hydrogens (tertiary/aromatic N) is 4. The van der Waals surface area contributed by atoms with Crippen LogP contribution in [0.2, 0.25) is 0 Å². The number of aromatic nitrogens is 3. The summed E-state index contributed by atoms with van der Waals surface area (Å²) >= 11 is 0.973. The minimum Gasteiger partial charge on any atom is -0.362 e. The number of hydrogen-bond donors (Lipinski definition) is 3. The van der Waals surface area contributed by atoms with Gasteiger partial charge >= 0.3 is 0 Å². The van der Waals surface area contributed by atoms with Gasteiger partial charge in [0.1, 0.15) is 5.82 Å². The van der Waals surface area contributed by atoms with E-state index in [1.807, 2.05) is 43.3 Å². The van der Waals surface area contributed by atoms with Gasteiger partial charge in [0.05, 0.1) is 11.2 Å². The van der Waals surface area contributed by atoms with E-state index in [9.17, 15) is 13.2 Å². The van der Waals surface area contributed by atoms with Crippen molar-refractivity contribution in [3.05, 3.63) is 30.0 Å². The average molecular weight is 532 g/mol. The number of sulfonamides is 1. The molecule has 0 bridgehead atoms. The number of rotatable bonds is 9. The van der Waals surface area contributed by atoms with Crippen LogP contribution in [0.25, 0.3) is 10.9 Å². The van der Waals surface area contributed by atoms with E-state index in [1.165, 1.54) is 6.92 Å². The van der Waals surface area contributed by atoms with Crippen molar-refractivity contribution in [1.29, 1.82) is 0 Å². The first-order valence-electron chi connectivity index (χ1n) is 12.0. The third-order valence-corrected chi connectivity index (χ3v) is 9.47. The molecule has 2 aromatic heterocycles. The number of carbonyl (C=O) groups is 1. The fourth-order valence-electron chi connectivity index (χ4n) is 4.48. The Kier molecular flexibility index (Phi) is 8.06. The summed E-state index contributed by atoms with van der Waals surface area (Å²) in [5.74, 6) is 2.01. The maximum absolute atomic E-state index is 12.8. The van der Waals surface area contributed by atoms with Crippen molar-refractivity contribution < 1.29 is 13.2 Å². The summed E-state index contributed by atoms with van der Waals surface area (Å²) in [6, 6.07) is 8.00. The molecule has 3 N–H and O–H groups in total. The van der Waals surface area contributed by atoms with Gasteiger partial charge in [-0.15, -0.1) is 0 Å². The minimum atomic E-state index is -3.67. The van der Waals surface area contributed by atoms with Crippen LogP contribution in [-0.4, -0.2) is 56.5 Å². The van der Waals surface area contributed by atoms with Crippen molar-refractivity contribution in [3.8, 4) is 0 Å². The van der Waals surface area contributed by atoms with Crippen molar-refractivity contribution >= 4 is 55.1 Å². The number of nitrogens with one attached hydrogen (secondary N) is 3. The van der Waals surface area contributed by atoms with Crippen LogP contribution in [0, 0.1) is 18.8 Å². The smallest absolute Gasteiger partial charge is 0.252 e. The molecular weight excluding hydrogens is 498 g/mol. The summed E-state index contributed by atoms with van der Waals surface area (Å²) < 4.78 is 28.5. The third-order valence-electron chi connectivity index (χ3n) is 6.36. The van der Waals surface area contributed by atoms with Gasteiger partial charge in [-0.2, -0.15) is 4.98 Å². The van der Waals surface area contributed by atoms with E-state index >= 15 is 0 Å². The molecule has 0 radical (unpaired) electrons. The van der Waals surface area contributed by atoms with Crippen LogP contribution in [0.3, 0.4) is 0 Å². The van der Waals surface area contributed by atoms with Gasteiger partial charge in [-0.05, 0) is 56.6 Å². The molecule has 3 aromatic rings. The van der Waals surface area contributed by atoms with Gasteiger partial charge in [-0.3, -0.25) is 4.79 Å². The van der Waals surface area contributed by atoms with E-state index < -0.39 is 10.0 Å². The Morgan fingerprint density at radius 2 is 1.72 bits per heavy atom. The van der Waals surface area contributed by atoms with Gasteiger partial charge in [0, 0.05) is 39.5 Å². The molecule has 0 aliphatic heterocycles. The number of carbonyl (C=O) groups excluding carboxylic acids is 1. The molecule has 36 heavy (non-hydrogen) atoms. The Balaban J connectivity index is 1.28. The monoisotopic (exact) mass is 531 g/mol. The Labute approximate surface area is 216 Å². The molecule has 2 heterocycles. The molecule has 10 nitrogen and oxygen atoms in total. The van der Waals surface area contributed by atoms with Crippen LogP contribution >= 0.6 is 11.3 Å². The van der Waals surface area contributed by atoms with Crippen molar-refractivity contribution in [1.82, 2.24) is 19.7 Å². The highest BCUT2D eigenvalue weighted by Gasteiger charge is 2.26. The molecular formula is C24H33N7O3S2. The van der Waals surface area contributed by atoms with E-state index in [2.05, 4.69) is 25.3 Å². The molecule has 0 spiro atoms. The number of hydrogen-bond acceptors (Lipinski definition) is 9. The van der Waals surface area contributed by atoms with Gasteiger partial charge in [-0.25, -0.2) is 23.1 Å². The zero-order chi connectivity index (χ0) is 25.9. The second-order valence-electron chi connectivity index (χ2n) is 9.48. The first-order chi connectivity index (χ1) is 17.1. The lowest BCUT2D eigenvalue weighted by Crippen LogP contribution is -2.32. The predicted octanol–water partition coefficient (Wildman–Crippen LogP) is 3.62. The molecule has 0 unspecified atom stereocenters. The summed E-state index contributed by atoms with van der Waals surface area (Å²) in [5.41, 5.74) is 1.30. The zero-order valence-corrected chi connectivity index (χ0v) is 22.7. The fraction of sp³-hybridized carbons (Fsp3) is 0.500. The summed E-state index contributed by atoms with van der Waals surface area (Å²) in [6.07, 6.45) is 3.93. The maximum Gasteiger partial charge on any atom is 0.252 e. The molecule has 0 atom stereocenters. The summed E-state index contributed by atoms with van der Waals surface area (Å²) in [6.45, 7) is 4.19. The minimum absolute atomic E-state index is 0.150. The lowest BCUT2D eigenvalue weighted by molar-refractivity contribution is -0.114. The number of anilines is 3. The predicted molar refractivity (Wildman–Crippen MR) is 144 cm³/mol. The first kappa shape index (κ1) is 26.2. The molecule has 0 saturated heterocycles. The van der Waals surface area contributed by atoms with E-state index in [0.29, 0.717) is 29.2 Å². The SMILES string of the molecule is CC(=O)Nc1nc(C)c(S(=O)(=O)NC[C@H]2CC[C@H](CNc3nc(N(C)C)c4ccccc4n3)CC2)s1. The van der Waals surface area contributed by atoms with Crippen LogP contribution in [0.1, 0.15) is 38.3 Å². The van der Waals surface area contributed by atoms with Gasteiger partial charge in [0.2, 0.25) is 11.9 Å². The van der Waals surface area contributed by atoms with E-state index in [1.54, 1.807) is 6.92 Å². The molecule has 4 rings (SSSR count). The van der Waals surface area contributed by atoms with Crippen molar-refractivity contribution in [2.75, 3.05) is 42.7 Å². The molecule has 1 aromatic carbocycles. The molecule has 1 aliphatic carbocycles. The summed E-state index contributed by atoms with van der Waals surface area (Å²) in [5, 5.41) is 7.29. The quantitative estimate of drug-likeness (QED) is 0.382. The fourth-order valence-corrected chi connectivity index (χ4v) is 7.10. The third kappa shape index (κ3) is 6.29. The Morgan fingerprint density at radius 3 is 2.39 bits per heavy atom. The highest BCUT2D eigenvalue weighted by Crippen LogP contribution is 2.31. The van der Waals surface area contributed by atoms with E-state index in [4.69, 9.17) is 4.98 Å². The maximum atomic E-state index is 12.8. The molecule has 1 amide bonds. The average Bonchev–Trinajstić information content (AvgIpc) is 3.21. The normalized spacial score (nSPS) is 18.2. The van der Waals surface area contributed by atoms with Crippen LogP contribution in [0.4, 0.5) is 16.9 Å². The molecule has 1 fully saturated rings. The first-order valence-corrected chi connectivity index (χ1v) is 14.3. The molecule has 1 aliphatic rings. The van der Waals surface area contributed by atoms with Gasteiger partial charge in [0.25, 0.3) is 10.0 Å². The van der Waals surface area contributed by atoms with Crippen molar-refractivity contribution in [3.63, 3.8) is 0 Å². The van der Waals surface area contributed by atoms with Crippen molar-refractivity contribution in [2.24, 2.45) is 11.8 Å². The van der Waals surface area contributed by atoms with Gasteiger partial charge in [0.15, 0.2) is 9.34 Å². The summed E-state index contributed by atoms with van der Waals surface area (Å²) in [7, 11) is 0.285. The highest BCUT2D eigenvalue weighted by molar-refractivity contribution is 7.91. The largest absolute Gasteiger partial charge is 0.362 e. The van der Waals surface area contributed by atoms with Crippen LogP contribution in [0.5, 0.6) is 0 Å². The number of para-hydroxylation sites is 1. The second kappa shape index (κ2) is 11.1. The van der Waals surface area contributed by atoms with Gasteiger partial charge in [-0.1, -0.05) is 23.5 Å². The number of aryl methyl sites for hydroxylation is 1. The topological polar surface area (TPSA) is 129 Å². The van der Waals surface area contributed by atoms with E-state index in [-0.39, 0.29) is 16.0 Å². The Bertz CT molecular complexity index is 1330. The second-order valence-corrected chi connectivity index (χ2v) is 12.4. The molecule has 1 saturated carbocycles. The van der Waals surface area contributed by atoms with Gasteiger partial charge < -0.3 is 15.5 Å². The van der Waals surface area contributed by atoms with Crippen LogP contribution in [0.15, 0.2) is 28.5 Å². The van der Waals surface area contributed by atoms with Crippen molar-refractivity contribution in [2.45, 2.75) is 43.7 Å². The van der Waals surface area contributed by atoms with Crippen LogP contribution < -0.4 is 20.3 Å².